The quantitative estimate of drug-likeness (QED) is 0.252. The molecular weight excluding hydrogens is 408 g/mol. The normalized spacial score (nSPS) is 12.1. The third kappa shape index (κ3) is 5.44. The molecule has 1 heterocycles. The van der Waals surface area contributed by atoms with Gasteiger partial charge in [-0.2, -0.15) is 0 Å². The van der Waals surface area contributed by atoms with Crippen molar-refractivity contribution < 1.29 is 4.79 Å². The van der Waals surface area contributed by atoms with Crippen LogP contribution in [-0.2, 0) is 6.42 Å². The molecule has 0 saturated heterocycles. The van der Waals surface area contributed by atoms with Gasteiger partial charge in [-0.3, -0.25) is 4.79 Å². The first-order valence-corrected chi connectivity index (χ1v) is 12.2. The topological polar surface area (TPSA) is 17.1 Å². The predicted octanol–water partition coefficient (Wildman–Crippen LogP) is 8.51. The largest absolute Gasteiger partial charge is 0.293 e. The molecule has 0 aliphatic heterocycles. The van der Waals surface area contributed by atoms with Crippen molar-refractivity contribution in [2.75, 3.05) is 0 Å². The van der Waals surface area contributed by atoms with Gasteiger partial charge in [-0.05, 0) is 58.2 Å². The molecule has 0 amide bonds. The van der Waals surface area contributed by atoms with Gasteiger partial charge in [0.05, 0.1) is 4.88 Å². The van der Waals surface area contributed by atoms with Gasteiger partial charge in [-0.25, -0.2) is 0 Å². The van der Waals surface area contributed by atoms with E-state index in [1.807, 2.05) is 24.3 Å². The van der Waals surface area contributed by atoms with E-state index in [9.17, 15) is 4.79 Å². The second kappa shape index (κ2) is 10.1. The lowest BCUT2D eigenvalue weighted by atomic mass is 9.95. The Bertz CT molecular complexity index is 1190. The smallest absolute Gasteiger partial charge is 0.173 e. The fraction of sp³-hybridized carbons (Fsp3) is 0.233. The molecule has 162 valence electrons. The molecule has 3 aromatic carbocycles. The minimum atomic E-state index is 0.221. The number of carbonyl (C=O) groups is 1. The fourth-order valence-corrected chi connectivity index (χ4v) is 5.00. The highest BCUT2D eigenvalue weighted by Gasteiger charge is 2.15. The van der Waals surface area contributed by atoms with Gasteiger partial charge in [0.15, 0.2) is 5.78 Å². The van der Waals surface area contributed by atoms with E-state index in [-0.39, 0.29) is 11.7 Å². The van der Waals surface area contributed by atoms with E-state index < -0.39 is 0 Å². The molecule has 32 heavy (non-hydrogen) atoms. The summed E-state index contributed by atoms with van der Waals surface area (Å²) in [6.45, 7) is 6.59. The lowest BCUT2D eigenvalue weighted by Crippen LogP contribution is -2.03. The Kier molecular flexibility index (Phi) is 7.02. The number of hydrogen-bond acceptors (Lipinski definition) is 2. The van der Waals surface area contributed by atoms with Crippen LogP contribution in [0.25, 0.3) is 10.4 Å². The first-order chi connectivity index (χ1) is 15.5. The maximum absolute atomic E-state index is 12.9. The van der Waals surface area contributed by atoms with E-state index in [0.29, 0.717) is 12.3 Å². The highest BCUT2D eigenvalue weighted by atomic mass is 32.1. The zero-order valence-electron chi connectivity index (χ0n) is 19.0. The van der Waals surface area contributed by atoms with Crippen molar-refractivity contribution >= 4 is 17.1 Å². The maximum atomic E-state index is 12.9. The van der Waals surface area contributed by atoms with Crippen LogP contribution >= 0.6 is 11.3 Å². The van der Waals surface area contributed by atoms with Gasteiger partial charge in [0.1, 0.15) is 0 Å². The summed E-state index contributed by atoms with van der Waals surface area (Å²) in [7, 11) is 0. The molecule has 2 heteroatoms. The molecule has 0 aliphatic rings. The molecule has 0 N–H and O–H groups in total. The first kappa shape index (κ1) is 22.2. The summed E-state index contributed by atoms with van der Waals surface area (Å²) >= 11 is 1.60. The van der Waals surface area contributed by atoms with Crippen LogP contribution in [0.4, 0.5) is 0 Å². The summed E-state index contributed by atoms with van der Waals surface area (Å²) in [6, 6.07) is 31.9. The van der Waals surface area contributed by atoms with Crippen molar-refractivity contribution in [3.05, 3.63) is 118 Å². The predicted molar refractivity (Wildman–Crippen MR) is 137 cm³/mol. The summed E-state index contributed by atoms with van der Waals surface area (Å²) in [5.41, 5.74) is 6.41. The zero-order valence-corrected chi connectivity index (χ0v) is 19.9. The van der Waals surface area contributed by atoms with Gasteiger partial charge < -0.3 is 0 Å². The fourth-order valence-electron chi connectivity index (χ4n) is 4.05. The Morgan fingerprint density at radius 2 is 1.44 bits per heavy atom. The lowest BCUT2D eigenvalue weighted by molar-refractivity contribution is 0.0979. The molecule has 1 unspecified atom stereocenters. The third-order valence-corrected chi connectivity index (χ3v) is 7.15. The van der Waals surface area contributed by atoms with Crippen LogP contribution in [0.15, 0.2) is 91.0 Å². The minimum absolute atomic E-state index is 0.221. The number of benzene rings is 3. The van der Waals surface area contributed by atoms with Gasteiger partial charge in [0, 0.05) is 11.3 Å². The molecule has 0 spiro atoms. The molecule has 4 aromatic rings. The summed E-state index contributed by atoms with van der Waals surface area (Å²) in [4.78, 5) is 14.9. The third-order valence-electron chi connectivity index (χ3n) is 5.98. The van der Waals surface area contributed by atoms with Gasteiger partial charge in [0.25, 0.3) is 0 Å². The van der Waals surface area contributed by atoms with E-state index in [1.165, 1.54) is 27.8 Å². The van der Waals surface area contributed by atoms with E-state index in [0.717, 1.165) is 16.2 Å². The maximum Gasteiger partial charge on any atom is 0.173 e. The zero-order chi connectivity index (χ0) is 22.5. The van der Waals surface area contributed by atoms with E-state index in [1.54, 1.807) is 11.3 Å². The van der Waals surface area contributed by atoms with Crippen molar-refractivity contribution in [2.45, 2.75) is 45.4 Å². The number of carbonyl (C=O) groups excluding carboxylic acids is 1. The van der Waals surface area contributed by atoms with Crippen LogP contribution in [-0.4, -0.2) is 5.78 Å². The molecule has 1 atom stereocenters. The van der Waals surface area contributed by atoms with Crippen LogP contribution in [0.2, 0.25) is 0 Å². The molecule has 0 bridgehead atoms. The molecule has 0 aliphatic carbocycles. The Hall–Kier alpha value is -2.97. The summed E-state index contributed by atoms with van der Waals surface area (Å²) in [5, 5.41) is 0. The lowest BCUT2D eigenvalue weighted by Gasteiger charge is -2.10. The van der Waals surface area contributed by atoms with Gasteiger partial charge >= 0.3 is 0 Å². The van der Waals surface area contributed by atoms with Crippen molar-refractivity contribution in [1.29, 1.82) is 0 Å². The Morgan fingerprint density at radius 3 is 2.19 bits per heavy atom. The van der Waals surface area contributed by atoms with E-state index in [4.69, 9.17) is 0 Å². The Morgan fingerprint density at radius 1 is 0.750 bits per heavy atom. The Balaban J connectivity index is 1.47. The number of thiophene rings is 1. The van der Waals surface area contributed by atoms with Crippen molar-refractivity contribution in [1.82, 2.24) is 0 Å². The highest BCUT2D eigenvalue weighted by molar-refractivity contribution is 7.17. The summed E-state index contributed by atoms with van der Waals surface area (Å²) < 4.78 is 0. The number of ketones is 1. The number of hydrogen-bond donors (Lipinski definition) is 0. The standard InChI is InChI=1S/C30H30OS/c1-21(2)26-13-7-9-23(19-26)18-24-10-8-14-27(20-24)29-15-16-30(32-29)28(31)17-22(3)25-11-5-4-6-12-25/h4-16,19-22H,17-18H2,1-3H3. The SMILES string of the molecule is CC(C)c1cccc(Cc2cccc(-c3ccc(C(=O)CC(C)c4ccccc4)s3)c2)c1. The first-order valence-electron chi connectivity index (χ1n) is 11.4. The second-order valence-corrected chi connectivity index (χ2v) is 9.96. The molecule has 0 radical (unpaired) electrons. The monoisotopic (exact) mass is 438 g/mol. The van der Waals surface area contributed by atoms with Gasteiger partial charge in [0.2, 0.25) is 0 Å². The number of Topliss-reactive ketones (excluding diaryl/α,β-unsaturated/α-hetero) is 1. The van der Waals surface area contributed by atoms with Crippen molar-refractivity contribution in [3.63, 3.8) is 0 Å². The summed E-state index contributed by atoms with van der Waals surface area (Å²) in [6.07, 6.45) is 1.45. The van der Waals surface area contributed by atoms with Crippen LogP contribution in [0.1, 0.15) is 71.0 Å². The minimum Gasteiger partial charge on any atom is -0.293 e. The summed E-state index contributed by atoms with van der Waals surface area (Å²) in [5.74, 6) is 0.978. The van der Waals surface area contributed by atoms with Gasteiger partial charge in [-0.15, -0.1) is 11.3 Å². The van der Waals surface area contributed by atoms with Crippen LogP contribution in [0, 0.1) is 0 Å². The molecule has 0 fully saturated rings. The van der Waals surface area contributed by atoms with Crippen molar-refractivity contribution in [3.8, 4) is 10.4 Å². The van der Waals surface area contributed by atoms with Crippen LogP contribution in [0.5, 0.6) is 0 Å². The average molecular weight is 439 g/mol. The Labute approximate surface area is 195 Å². The molecular formula is C30H30OS. The van der Waals surface area contributed by atoms with Crippen molar-refractivity contribution in [2.24, 2.45) is 0 Å². The highest BCUT2D eigenvalue weighted by Crippen LogP contribution is 2.31. The van der Waals surface area contributed by atoms with Crippen LogP contribution < -0.4 is 0 Å². The molecule has 1 nitrogen and oxygen atoms in total. The number of rotatable bonds is 8. The molecule has 1 aromatic heterocycles. The van der Waals surface area contributed by atoms with E-state index >= 15 is 0 Å². The molecule has 0 saturated carbocycles. The van der Waals surface area contributed by atoms with E-state index in [2.05, 4.69) is 87.5 Å². The van der Waals surface area contributed by atoms with Gasteiger partial charge in [-0.1, -0.05) is 99.6 Å². The second-order valence-electron chi connectivity index (χ2n) is 8.88. The average Bonchev–Trinajstić information content (AvgIpc) is 3.31. The molecule has 4 rings (SSSR count). The van der Waals surface area contributed by atoms with Crippen LogP contribution in [0.3, 0.4) is 0 Å².